The number of hydrogen-bond acceptors (Lipinski definition) is 5. The molecule has 1 rings (SSSR count). The lowest BCUT2D eigenvalue weighted by Gasteiger charge is -2.22. The van der Waals surface area contributed by atoms with Gasteiger partial charge in [-0.3, -0.25) is 14.9 Å². The van der Waals surface area contributed by atoms with Crippen LogP contribution in [-0.4, -0.2) is 24.6 Å². The fraction of sp³-hybridized carbons (Fsp3) is 0.500. The summed E-state index contributed by atoms with van der Waals surface area (Å²) in [4.78, 5) is 22.0. The van der Waals surface area contributed by atoms with Crippen LogP contribution in [0.1, 0.15) is 25.0 Å². The number of benzene rings is 1. The molecule has 20 heavy (non-hydrogen) atoms. The zero-order valence-corrected chi connectivity index (χ0v) is 12.4. The summed E-state index contributed by atoms with van der Waals surface area (Å²) in [5, 5.41) is 10.9. The molecule has 0 aromatic heterocycles. The molecule has 0 saturated carbocycles. The first-order valence-electron chi connectivity index (χ1n) is 6.16. The Morgan fingerprint density at radius 2 is 1.90 bits per heavy atom. The van der Waals surface area contributed by atoms with Crippen molar-refractivity contribution in [2.75, 3.05) is 13.7 Å². The summed E-state index contributed by atoms with van der Waals surface area (Å²) in [5.74, 6) is 0.0102. The molecule has 0 aliphatic rings. The Morgan fingerprint density at radius 3 is 2.40 bits per heavy atom. The fourth-order valence-electron chi connectivity index (χ4n) is 1.77. The summed E-state index contributed by atoms with van der Waals surface area (Å²) in [6.45, 7) is 6.94. The lowest BCUT2D eigenvalue weighted by atomic mass is 9.95. The Kier molecular flexibility index (Phi) is 4.70. The molecule has 0 amide bonds. The number of nitrogens with zero attached hydrogens (tertiary/aromatic N) is 1. The van der Waals surface area contributed by atoms with Gasteiger partial charge in [0, 0.05) is 5.56 Å². The zero-order chi connectivity index (χ0) is 15.5. The molecular formula is C14H19NO5. The number of carbonyl (C=O) groups is 1. The normalized spacial score (nSPS) is 11.1. The van der Waals surface area contributed by atoms with Crippen molar-refractivity contribution in [1.82, 2.24) is 0 Å². The van der Waals surface area contributed by atoms with Gasteiger partial charge in [0.1, 0.15) is 12.4 Å². The lowest BCUT2D eigenvalue weighted by Crippen LogP contribution is -2.32. The van der Waals surface area contributed by atoms with Crippen molar-refractivity contribution in [1.29, 1.82) is 0 Å². The van der Waals surface area contributed by atoms with Crippen LogP contribution in [-0.2, 0) is 9.53 Å². The third-order valence-electron chi connectivity index (χ3n) is 3.02. The molecule has 0 unspecified atom stereocenters. The molecule has 0 atom stereocenters. The van der Waals surface area contributed by atoms with Crippen LogP contribution in [0, 0.1) is 29.4 Å². The maximum Gasteiger partial charge on any atom is 0.314 e. The van der Waals surface area contributed by atoms with E-state index in [1.54, 1.807) is 33.8 Å². The van der Waals surface area contributed by atoms with Crippen LogP contribution >= 0.6 is 0 Å². The van der Waals surface area contributed by atoms with Crippen LogP contribution in [0.3, 0.4) is 0 Å². The van der Waals surface area contributed by atoms with Crippen LogP contribution in [0.15, 0.2) is 12.1 Å². The van der Waals surface area contributed by atoms with Gasteiger partial charge < -0.3 is 9.47 Å². The number of nitro benzene ring substituents is 1. The number of rotatable bonds is 5. The van der Waals surface area contributed by atoms with Gasteiger partial charge in [0.15, 0.2) is 0 Å². The van der Waals surface area contributed by atoms with E-state index < -0.39 is 16.3 Å². The van der Waals surface area contributed by atoms with Crippen molar-refractivity contribution in [2.45, 2.75) is 27.7 Å². The van der Waals surface area contributed by atoms with Crippen LogP contribution in [0.5, 0.6) is 5.75 Å². The topological polar surface area (TPSA) is 78.7 Å². The largest absolute Gasteiger partial charge is 0.492 e. The van der Waals surface area contributed by atoms with Gasteiger partial charge in [0.25, 0.3) is 5.69 Å². The molecular weight excluding hydrogens is 262 g/mol. The Bertz CT molecular complexity index is 537. The number of methoxy groups -OCH3 is 1. The van der Waals surface area contributed by atoms with Gasteiger partial charge in [-0.25, -0.2) is 0 Å². The van der Waals surface area contributed by atoms with Crippen LogP contribution in [0.25, 0.3) is 0 Å². The second kappa shape index (κ2) is 5.90. The first kappa shape index (κ1) is 15.9. The second-order valence-corrected chi connectivity index (χ2v) is 5.33. The minimum absolute atomic E-state index is 0.00136. The molecule has 0 radical (unpaired) electrons. The van der Waals surface area contributed by atoms with Gasteiger partial charge in [-0.2, -0.15) is 0 Å². The van der Waals surface area contributed by atoms with Crippen molar-refractivity contribution < 1.29 is 19.2 Å². The molecule has 0 bridgehead atoms. The van der Waals surface area contributed by atoms with Crippen molar-refractivity contribution in [3.05, 3.63) is 33.4 Å². The first-order chi connectivity index (χ1) is 9.19. The highest BCUT2D eigenvalue weighted by Gasteiger charge is 2.30. The van der Waals surface area contributed by atoms with Gasteiger partial charge in [-0.1, -0.05) is 0 Å². The van der Waals surface area contributed by atoms with Gasteiger partial charge in [-0.15, -0.1) is 0 Å². The third kappa shape index (κ3) is 3.46. The molecule has 6 heteroatoms. The molecule has 0 fully saturated rings. The first-order valence-corrected chi connectivity index (χ1v) is 6.16. The van der Waals surface area contributed by atoms with Gasteiger partial charge in [0.05, 0.1) is 23.5 Å². The molecule has 0 aliphatic carbocycles. The van der Waals surface area contributed by atoms with E-state index >= 15 is 0 Å². The summed E-state index contributed by atoms with van der Waals surface area (Å²) in [6, 6.07) is 3.08. The van der Waals surface area contributed by atoms with Crippen LogP contribution in [0.4, 0.5) is 5.69 Å². The van der Waals surface area contributed by atoms with Crippen molar-refractivity contribution >= 4 is 11.7 Å². The van der Waals surface area contributed by atoms with E-state index in [0.717, 1.165) is 5.56 Å². The van der Waals surface area contributed by atoms with Crippen LogP contribution < -0.4 is 4.74 Å². The quantitative estimate of drug-likeness (QED) is 0.471. The summed E-state index contributed by atoms with van der Waals surface area (Å²) in [5.41, 5.74) is 0.545. The number of aryl methyl sites for hydroxylation is 2. The standard InChI is InChI=1S/C14H19NO5/c1-9-6-10(2)12(7-11(9)15(17)18)20-8-14(3,4)13(16)19-5/h6-7H,8H2,1-5H3. The average Bonchev–Trinajstić information content (AvgIpc) is 2.36. The van der Waals surface area contributed by atoms with Gasteiger partial charge >= 0.3 is 5.97 Å². The molecule has 0 aliphatic heterocycles. The Morgan fingerprint density at radius 1 is 1.30 bits per heavy atom. The summed E-state index contributed by atoms with van der Waals surface area (Å²) in [7, 11) is 1.31. The van der Waals surface area contributed by atoms with Crippen LogP contribution in [0.2, 0.25) is 0 Å². The van der Waals surface area contributed by atoms with Gasteiger partial charge in [-0.05, 0) is 39.3 Å². The minimum atomic E-state index is -0.819. The summed E-state index contributed by atoms with van der Waals surface area (Å²) in [6.07, 6.45) is 0. The molecule has 6 nitrogen and oxygen atoms in total. The molecule has 0 saturated heterocycles. The Balaban J connectivity index is 2.96. The highest BCUT2D eigenvalue weighted by molar-refractivity contribution is 5.75. The lowest BCUT2D eigenvalue weighted by molar-refractivity contribution is -0.385. The van der Waals surface area contributed by atoms with E-state index in [1.165, 1.54) is 13.2 Å². The maximum absolute atomic E-state index is 11.6. The van der Waals surface area contributed by atoms with E-state index in [9.17, 15) is 14.9 Å². The zero-order valence-electron chi connectivity index (χ0n) is 12.4. The molecule has 0 spiro atoms. The van der Waals surface area contributed by atoms with E-state index in [0.29, 0.717) is 11.3 Å². The van der Waals surface area contributed by atoms with Gasteiger partial charge in [0.2, 0.25) is 0 Å². The molecule has 0 N–H and O–H groups in total. The summed E-state index contributed by atoms with van der Waals surface area (Å²) < 4.78 is 10.3. The smallest absolute Gasteiger partial charge is 0.314 e. The number of esters is 1. The van der Waals surface area contributed by atoms with Crippen molar-refractivity contribution in [3.63, 3.8) is 0 Å². The molecule has 1 aromatic rings. The van der Waals surface area contributed by atoms with E-state index in [1.807, 2.05) is 0 Å². The van der Waals surface area contributed by atoms with E-state index in [4.69, 9.17) is 4.74 Å². The van der Waals surface area contributed by atoms with E-state index in [-0.39, 0.29) is 12.3 Å². The predicted octanol–water partition coefficient (Wildman–Crippen LogP) is 2.79. The molecule has 1 aromatic carbocycles. The second-order valence-electron chi connectivity index (χ2n) is 5.33. The predicted molar refractivity (Wildman–Crippen MR) is 73.9 cm³/mol. The molecule has 110 valence electrons. The van der Waals surface area contributed by atoms with Crippen molar-refractivity contribution in [2.24, 2.45) is 5.41 Å². The van der Waals surface area contributed by atoms with E-state index in [2.05, 4.69) is 4.74 Å². The Hall–Kier alpha value is -2.11. The maximum atomic E-state index is 11.6. The fourth-order valence-corrected chi connectivity index (χ4v) is 1.77. The minimum Gasteiger partial charge on any atom is -0.492 e. The number of ether oxygens (including phenoxy) is 2. The Labute approximate surface area is 117 Å². The SMILES string of the molecule is COC(=O)C(C)(C)COc1cc([N+](=O)[O-])c(C)cc1C. The average molecular weight is 281 g/mol. The highest BCUT2D eigenvalue weighted by Crippen LogP contribution is 2.29. The molecule has 0 heterocycles. The third-order valence-corrected chi connectivity index (χ3v) is 3.02. The number of carbonyl (C=O) groups excluding carboxylic acids is 1. The number of nitro groups is 1. The number of hydrogen-bond donors (Lipinski definition) is 0. The van der Waals surface area contributed by atoms with Crippen molar-refractivity contribution in [3.8, 4) is 5.75 Å². The monoisotopic (exact) mass is 281 g/mol. The summed E-state index contributed by atoms with van der Waals surface area (Å²) >= 11 is 0. The highest BCUT2D eigenvalue weighted by atomic mass is 16.6.